The molecule has 4 aromatic heterocycles. The van der Waals surface area contributed by atoms with Crippen LogP contribution in [0.5, 0.6) is 0 Å². The molecule has 9 aliphatic rings. The molecule has 10 aromatic rings. The number of para-hydroxylation sites is 2. The van der Waals surface area contributed by atoms with E-state index < -0.39 is 10.0 Å². The average Bonchev–Trinajstić information content (AvgIpc) is 1.51. The van der Waals surface area contributed by atoms with Gasteiger partial charge in [-0.15, -0.1) is 35.3 Å². The van der Waals surface area contributed by atoms with Crippen molar-refractivity contribution in [3.05, 3.63) is 263 Å². The van der Waals surface area contributed by atoms with Gasteiger partial charge in [0.1, 0.15) is 39.7 Å². The molecule has 9 heterocycles. The van der Waals surface area contributed by atoms with E-state index >= 15 is 0 Å². The Hall–Kier alpha value is -8.34. The molecule has 694 valence electrons. The summed E-state index contributed by atoms with van der Waals surface area (Å²) in [6, 6.07) is 47.8. The minimum Gasteiger partial charge on any atom is -0.369 e. The largest absolute Gasteiger partial charge is 0.369 e. The van der Waals surface area contributed by atoms with Gasteiger partial charge in [-0.3, -0.25) is 19.3 Å². The fourth-order valence-corrected chi connectivity index (χ4v) is 27.9. The molecule has 9 atom stereocenters. The van der Waals surface area contributed by atoms with E-state index in [1.165, 1.54) is 105 Å². The van der Waals surface area contributed by atoms with E-state index in [0.29, 0.717) is 89.1 Å². The number of halogens is 2. The minimum absolute atomic E-state index is 0.0555. The van der Waals surface area contributed by atoms with Gasteiger partial charge in [0.05, 0.1) is 34.8 Å². The molecule has 5 aliphatic heterocycles. The molecule has 6 aromatic carbocycles. The van der Waals surface area contributed by atoms with Gasteiger partial charge in [-0.25, -0.2) is 12.8 Å². The molecule has 4 aliphatic carbocycles. The molecule has 19 rings (SSSR count). The summed E-state index contributed by atoms with van der Waals surface area (Å²) in [5.74, 6) is 13.0. The highest BCUT2D eigenvalue weighted by molar-refractivity contribution is 8.11. The molecule has 9 fully saturated rings. The van der Waals surface area contributed by atoms with Crippen LogP contribution in [0.3, 0.4) is 0 Å². The summed E-state index contributed by atoms with van der Waals surface area (Å²) in [5.41, 5.74) is 22.2. The smallest absolute Gasteiger partial charge is 0.233 e. The second-order valence-electron chi connectivity index (χ2n) is 37.2. The van der Waals surface area contributed by atoms with E-state index in [9.17, 15) is 27.2 Å². The third-order valence-corrected chi connectivity index (χ3v) is 35.6. The first kappa shape index (κ1) is 96.2. The highest BCUT2D eigenvalue weighted by Gasteiger charge is 2.69. The molecule has 0 N–H and O–H groups in total. The predicted molar refractivity (Wildman–Crippen MR) is 527 cm³/mol. The Kier molecular flexibility index (Phi) is 32.4. The van der Waals surface area contributed by atoms with Crippen LogP contribution in [0, 0.1) is 118 Å². The summed E-state index contributed by atoms with van der Waals surface area (Å²) in [6.07, 6.45) is 12.3. The van der Waals surface area contributed by atoms with Gasteiger partial charge in [-0.2, -0.15) is 16.1 Å². The number of piperidine rings is 1. The number of benzene rings is 6. The van der Waals surface area contributed by atoms with Crippen LogP contribution < -0.4 is 14.7 Å². The van der Waals surface area contributed by atoms with Gasteiger partial charge in [0.2, 0.25) is 21.8 Å². The van der Waals surface area contributed by atoms with Crippen molar-refractivity contribution in [2.75, 3.05) is 122 Å². The Morgan fingerprint density at radius 2 is 1.02 bits per heavy atom. The van der Waals surface area contributed by atoms with Crippen molar-refractivity contribution in [1.82, 2.24) is 39.6 Å². The number of aromatic nitrogens is 4. The van der Waals surface area contributed by atoms with Crippen LogP contribution in [0.1, 0.15) is 182 Å². The van der Waals surface area contributed by atoms with E-state index in [1.54, 1.807) is 46.2 Å². The predicted octanol–water partition coefficient (Wildman–Crippen LogP) is 20.9. The van der Waals surface area contributed by atoms with Gasteiger partial charge in [0.25, 0.3) is 0 Å². The molecule has 0 radical (unpaired) electrons. The summed E-state index contributed by atoms with van der Waals surface area (Å²) in [6.45, 7) is 35.7. The van der Waals surface area contributed by atoms with E-state index in [0.717, 1.165) is 200 Å². The van der Waals surface area contributed by atoms with E-state index in [2.05, 4.69) is 165 Å². The molecule has 20 nitrogen and oxygen atoms in total. The van der Waals surface area contributed by atoms with Crippen LogP contribution in [0.25, 0.3) is 0 Å². The molecule has 5 saturated heterocycles. The number of fused-ring (bicyclic) bond motifs is 5. The zero-order chi connectivity index (χ0) is 91.5. The van der Waals surface area contributed by atoms with Gasteiger partial charge >= 0.3 is 0 Å². The third-order valence-electron chi connectivity index (χ3n) is 28.9. The maximum atomic E-state index is 13.1. The number of thioether (sulfide) groups is 4. The molecular weight excluding hydrogens is 1750 g/mol. The van der Waals surface area contributed by atoms with Gasteiger partial charge in [-0.1, -0.05) is 135 Å². The van der Waals surface area contributed by atoms with Crippen molar-refractivity contribution in [2.45, 2.75) is 194 Å². The summed E-state index contributed by atoms with van der Waals surface area (Å²) in [5, 5.41) is 16.6. The van der Waals surface area contributed by atoms with Crippen molar-refractivity contribution in [3.8, 4) is 0 Å². The van der Waals surface area contributed by atoms with Gasteiger partial charge in [0, 0.05) is 182 Å². The molecule has 4 saturated carbocycles. The Bertz CT molecular complexity index is 5550. The maximum Gasteiger partial charge on any atom is 0.233 e. The minimum atomic E-state index is -3.26. The van der Waals surface area contributed by atoms with Crippen molar-refractivity contribution in [2.24, 2.45) is 29.1 Å². The fourth-order valence-electron chi connectivity index (χ4n) is 21.4. The zero-order valence-electron chi connectivity index (χ0n) is 77.7. The number of anilines is 3. The molecule has 9 unspecified atom stereocenters. The van der Waals surface area contributed by atoms with E-state index in [1.807, 2.05) is 95.5 Å². The first-order chi connectivity index (χ1) is 62.7. The number of piperazine rings is 3. The van der Waals surface area contributed by atoms with Crippen LogP contribution in [0.15, 0.2) is 164 Å². The number of ketones is 1. The van der Waals surface area contributed by atoms with E-state index in [-0.39, 0.29) is 28.6 Å². The lowest BCUT2D eigenvalue weighted by atomic mass is 9.80. The van der Waals surface area contributed by atoms with Crippen molar-refractivity contribution in [1.29, 1.82) is 0 Å². The number of rotatable bonds is 26. The Morgan fingerprint density at radius 1 is 0.508 bits per heavy atom. The molecule has 130 heavy (non-hydrogen) atoms. The number of aryl methyl sites for hydroxylation is 12. The highest BCUT2D eigenvalue weighted by Crippen LogP contribution is 2.77. The van der Waals surface area contributed by atoms with Gasteiger partial charge < -0.3 is 42.6 Å². The molecule has 2 amide bonds. The lowest BCUT2D eigenvalue weighted by Crippen LogP contribution is -2.49. The van der Waals surface area contributed by atoms with Crippen molar-refractivity contribution >= 4 is 103 Å². The summed E-state index contributed by atoms with van der Waals surface area (Å²) in [4.78, 5) is 52.7. The number of carbonyl (C=O) groups excluding carboxylic acids is 3. The zero-order valence-corrected chi connectivity index (χ0v) is 82.5. The van der Waals surface area contributed by atoms with Crippen molar-refractivity contribution < 1.29 is 45.3 Å². The summed E-state index contributed by atoms with van der Waals surface area (Å²) in [7, 11) is -3.26. The molecule has 1 spiro atoms. The lowest BCUT2D eigenvalue weighted by Gasteiger charge is -2.39. The second-order valence-corrected chi connectivity index (χ2v) is 44.0. The SMILES string of the molecule is Cc1ccc(Cl)cc1N1CCN(C(=O)C2CC2c2ccc(F)cc2)CC1.Cc1ccccc1C1CC12CC1CCC2C1C(=O)CSCc1cnoc1C.Cc1ccccc1C1CC2CCC(C1)N2C(=O)CSCc1c(C)noc1C.Cc1ccccc1N1CCN(CCSCc2c(C)noc2C)CC1.Cc1ccccc1N1CCN(S(=O)(=O)CSCc2c(C)noc2C)CC1. The maximum absolute atomic E-state index is 13.1. The lowest BCUT2D eigenvalue weighted by molar-refractivity contribution is -0.133. The van der Waals surface area contributed by atoms with Crippen molar-refractivity contribution in [3.63, 3.8) is 0 Å². The number of hydrogen-bond acceptors (Lipinski definition) is 21. The first-order valence-corrected chi connectivity index (χ1v) is 53.1. The van der Waals surface area contributed by atoms with Crippen LogP contribution in [0.4, 0.5) is 21.5 Å². The molecule has 4 bridgehead atoms. The van der Waals surface area contributed by atoms with Crippen LogP contribution in [0.2, 0.25) is 5.02 Å². The number of amides is 2. The summed E-state index contributed by atoms with van der Waals surface area (Å²) < 4.78 is 60.6. The quantitative estimate of drug-likeness (QED) is 0.0461. The Balaban J connectivity index is 0.000000125. The number of hydrogen-bond donors (Lipinski definition) is 0. The monoisotopic (exact) mass is 1880 g/mol. The molecule has 27 heteroatoms. The second kappa shape index (κ2) is 43.8. The first-order valence-electron chi connectivity index (χ1n) is 46.5. The standard InChI is InChI=1S/C23H27NO2S.C22H28N2O2S.C21H22ClFN2O.C19H27N3OS.C18H25N3O3S2/c1-14-5-3-4-6-18(14)20-10-23(20)9-16-7-8-19(23)22(16)21(25)13-27-12-17-11-24-26-15(17)2;1-14-6-4-5-7-20(14)17-10-18-8-9-19(11-17)24(18)22(25)13-27-12-21-15(2)23-26-16(21)3;1-14-2-5-16(22)12-20(14)24-8-10-25(11-9-24)21(26)19-13-18(19)15-3-6-17(23)7-4-15;1-15-6-4-5-7-19(15)22-10-8-21(9-11-22)12-13-24-14-18-16(2)20-23-17(18)3;1-14-6-4-5-7-18(14)20-8-10-21(11-9-20)26(22,23)13-25-12-17-15(2)19-24-16(17)3/h3-6,11,16,19-20,22H,7-10,12-13H2,1-2H3;4-7,17-19H,8-13H2,1-3H3;2-7,12,18-19H,8-11,13H2,1H3;4-7H,8-14H2,1-3H3;4-7H,8-13H2,1-3H3. The average molecular weight is 1880 g/mol. The molecular formula is C103H129ClFN11O9S5. The number of nitrogens with zero attached hydrogens (tertiary/aromatic N) is 11. The third kappa shape index (κ3) is 23.2. The highest BCUT2D eigenvalue weighted by atomic mass is 35.5. The Morgan fingerprint density at radius 3 is 1.58 bits per heavy atom. The van der Waals surface area contributed by atoms with E-state index in [4.69, 9.17) is 29.7 Å². The number of sulfonamides is 1. The van der Waals surface area contributed by atoms with Crippen LogP contribution in [-0.2, 0) is 47.4 Å². The fraction of sp³-hybridized carbons (Fsp3) is 0.505. The Labute approximate surface area is 790 Å². The normalized spacial score (nSPS) is 22.7. The van der Waals surface area contributed by atoms with Gasteiger partial charge in [0.15, 0.2) is 0 Å². The van der Waals surface area contributed by atoms with Crippen LogP contribution >= 0.6 is 58.6 Å². The van der Waals surface area contributed by atoms with Gasteiger partial charge in [-0.05, 0) is 257 Å². The topological polar surface area (TPSA) is 212 Å². The number of carbonyl (C=O) groups is 3. The summed E-state index contributed by atoms with van der Waals surface area (Å²) >= 11 is 12.9. The van der Waals surface area contributed by atoms with Crippen LogP contribution in [-0.4, -0.2) is 185 Å². The number of Topliss-reactive ketones (excluding diaryl/α,β-unsaturated/α-hetero) is 1.